The normalized spacial score (nSPS) is 19.9. The Bertz CT molecular complexity index is 650. The Morgan fingerprint density at radius 3 is 3.28 bits per heavy atom. The Hall–Kier alpha value is -1.66. The van der Waals surface area contributed by atoms with Crippen LogP contribution in [0, 0.1) is 0 Å². The quantitative estimate of drug-likeness (QED) is 0.770. The molecule has 0 unspecified atom stereocenters. The van der Waals surface area contributed by atoms with Crippen LogP contribution >= 0.6 is 11.3 Å². The number of rotatable bonds is 2. The smallest absolute Gasteiger partial charge is 0.274 e. The second kappa shape index (κ2) is 3.93. The fourth-order valence-corrected chi connectivity index (χ4v) is 2.99. The summed E-state index contributed by atoms with van der Waals surface area (Å²) >= 11 is 1.69. The fraction of sp³-hybridized carbons (Fsp3) is 0.333. The van der Waals surface area contributed by atoms with Crippen molar-refractivity contribution in [2.24, 2.45) is 0 Å². The summed E-state index contributed by atoms with van der Waals surface area (Å²) in [5, 5.41) is 6.10. The van der Waals surface area contributed by atoms with E-state index in [-0.39, 0.29) is 5.92 Å². The molecule has 0 radical (unpaired) electrons. The van der Waals surface area contributed by atoms with Crippen LogP contribution in [0.5, 0.6) is 0 Å². The molecule has 0 amide bonds. The Labute approximate surface area is 107 Å². The number of thiophene rings is 1. The molecule has 1 aliphatic heterocycles. The fourth-order valence-electron chi connectivity index (χ4n) is 2.21. The number of hydrogen-bond donors (Lipinski definition) is 1. The zero-order valence-electron chi connectivity index (χ0n) is 9.55. The highest BCUT2D eigenvalue weighted by Gasteiger charge is 2.23. The van der Waals surface area contributed by atoms with E-state index < -0.39 is 0 Å². The van der Waals surface area contributed by atoms with Gasteiger partial charge in [0.05, 0.1) is 16.8 Å². The molecule has 0 saturated carbocycles. The van der Waals surface area contributed by atoms with Gasteiger partial charge in [0.2, 0.25) is 0 Å². The van der Waals surface area contributed by atoms with E-state index in [4.69, 9.17) is 9.26 Å². The highest BCUT2D eigenvalue weighted by Crippen LogP contribution is 2.29. The van der Waals surface area contributed by atoms with E-state index in [0.29, 0.717) is 12.5 Å². The monoisotopic (exact) mass is 261 g/mol. The van der Waals surface area contributed by atoms with Gasteiger partial charge in [0.25, 0.3) is 5.89 Å². The third kappa shape index (κ3) is 1.57. The zero-order chi connectivity index (χ0) is 11.9. The second-order valence-electron chi connectivity index (χ2n) is 4.40. The number of nitrogens with zero attached hydrogens (tertiary/aromatic N) is 2. The van der Waals surface area contributed by atoms with Gasteiger partial charge in [-0.3, -0.25) is 0 Å². The van der Waals surface area contributed by atoms with Gasteiger partial charge in [-0.2, -0.15) is 4.98 Å². The van der Waals surface area contributed by atoms with Crippen molar-refractivity contribution >= 4 is 21.6 Å². The molecule has 0 aromatic carbocycles. The van der Waals surface area contributed by atoms with Crippen LogP contribution in [0.1, 0.15) is 18.2 Å². The van der Waals surface area contributed by atoms with E-state index >= 15 is 0 Å². The first-order valence-corrected chi connectivity index (χ1v) is 6.76. The molecular weight excluding hydrogens is 250 g/mol. The van der Waals surface area contributed by atoms with Crippen molar-refractivity contribution < 1.29 is 9.26 Å². The summed E-state index contributed by atoms with van der Waals surface area (Å²) < 4.78 is 11.9. The van der Waals surface area contributed by atoms with Crippen molar-refractivity contribution in [2.75, 3.05) is 13.2 Å². The molecule has 92 valence electrons. The number of ether oxygens (including phenoxy) is 1. The summed E-state index contributed by atoms with van der Waals surface area (Å²) in [4.78, 5) is 7.73. The Morgan fingerprint density at radius 1 is 1.44 bits per heavy atom. The van der Waals surface area contributed by atoms with E-state index in [1.807, 2.05) is 12.1 Å². The van der Waals surface area contributed by atoms with Gasteiger partial charge in [0.1, 0.15) is 5.69 Å². The van der Waals surface area contributed by atoms with Crippen LogP contribution in [0.15, 0.2) is 22.0 Å². The minimum Gasteiger partial charge on any atom is -0.381 e. The summed E-state index contributed by atoms with van der Waals surface area (Å²) in [7, 11) is 0. The zero-order valence-corrected chi connectivity index (χ0v) is 10.4. The molecule has 1 aliphatic rings. The maximum atomic E-state index is 5.33. The summed E-state index contributed by atoms with van der Waals surface area (Å²) in [5.41, 5.74) is 1.99. The number of aromatic nitrogens is 3. The Kier molecular flexibility index (Phi) is 2.24. The molecule has 3 aromatic heterocycles. The molecule has 0 aliphatic carbocycles. The lowest BCUT2D eigenvalue weighted by atomic mass is 10.1. The first-order valence-electron chi connectivity index (χ1n) is 5.88. The summed E-state index contributed by atoms with van der Waals surface area (Å²) in [6.45, 7) is 1.48. The molecule has 4 rings (SSSR count). The molecular formula is C12H11N3O2S. The topological polar surface area (TPSA) is 63.9 Å². The maximum Gasteiger partial charge on any atom is 0.274 e. The van der Waals surface area contributed by atoms with Crippen LogP contribution in [0.2, 0.25) is 0 Å². The molecule has 3 aromatic rings. The van der Waals surface area contributed by atoms with E-state index in [9.17, 15) is 0 Å². The highest BCUT2D eigenvalue weighted by molar-refractivity contribution is 7.17. The van der Waals surface area contributed by atoms with Gasteiger partial charge in [-0.05, 0) is 23.9 Å². The summed E-state index contributed by atoms with van der Waals surface area (Å²) in [6.07, 6.45) is 0.971. The number of nitrogens with one attached hydrogen (secondary N) is 1. The van der Waals surface area contributed by atoms with Gasteiger partial charge in [-0.15, -0.1) is 11.3 Å². The maximum absolute atomic E-state index is 5.33. The minimum absolute atomic E-state index is 0.276. The van der Waals surface area contributed by atoms with Crippen molar-refractivity contribution in [2.45, 2.75) is 12.3 Å². The van der Waals surface area contributed by atoms with Gasteiger partial charge < -0.3 is 14.2 Å². The highest BCUT2D eigenvalue weighted by atomic mass is 32.1. The molecule has 1 saturated heterocycles. The van der Waals surface area contributed by atoms with Crippen LogP contribution in [0.25, 0.3) is 21.8 Å². The lowest BCUT2D eigenvalue weighted by Crippen LogP contribution is -1.99. The van der Waals surface area contributed by atoms with E-state index in [0.717, 1.165) is 30.1 Å². The standard InChI is InChI=1S/C12H11N3O2S/c1-3-16-6-7(1)11-14-12(17-15-11)9-5-10-8(13-9)2-4-18-10/h2,4-5,7,13H,1,3,6H2/t7-/m0/s1. The Balaban J connectivity index is 1.69. The Morgan fingerprint density at radius 2 is 2.44 bits per heavy atom. The lowest BCUT2D eigenvalue weighted by Gasteiger charge is -1.97. The second-order valence-corrected chi connectivity index (χ2v) is 5.35. The SMILES string of the molecule is c1cc2[nH]c(-c3nc([C@H]4CCOC4)no3)cc2s1. The van der Waals surface area contributed by atoms with Gasteiger partial charge >= 0.3 is 0 Å². The molecule has 5 nitrogen and oxygen atoms in total. The van der Waals surface area contributed by atoms with Gasteiger partial charge in [-0.1, -0.05) is 5.16 Å². The number of aromatic amines is 1. The molecule has 1 fully saturated rings. The van der Waals surface area contributed by atoms with Crippen molar-refractivity contribution in [3.63, 3.8) is 0 Å². The third-order valence-electron chi connectivity index (χ3n) is 3.21. The molecule has 1 N–H and O–H groups in total. The summed E-state index contributed by atoms with van der Waals surface area (Å²) in [6, 6.07) is 4.09. The number of hydrogen-bond acceptors (Lipinski definition) is 5. The molecule has 4 heterocycles. The van der Waals surface area contributed by atoms with Crippen LogP contribution in [0.3, 0.4) is 0 Å². The van der Waals surface area contributed by atoms with E-state index in [1.165, 1.54) is 4.70 Å². The van der Waals surface area contributed by atoms with Crippen molar-refractivity contribution in [1.29, 1.82) is 0 Å². The predicted molar refractivity (Wildman–Crippen MR) is 67.6 cm³/mol. The van der Waals surface area contributed by atoms with Crippen molar-refractivity contribution in [1.82, 2.24) is 15.1 Å². The molecule has 0 bridgehead atoms. The van der Waals surface area contributed by atoms with Gasteiger partial charge in [-0.25, -0.2) is 0 Å². The average molecular weight is 261 g/mol. The van der Waals surface area contributed by atoms with Crippen LogP contribution in [-0.2, 0) is 4.74 Å². The summed E-state index contributed by atoms with van der Waals surface area (Å²) in [5.74, 6) is 1.58. The predicted octanol–water partition coefficient (Wildman–Crippen LogP) is 2.78. The van der Waals surface area contributed by atoms with Crippen LogP contribution in [0.4, 0.5) is 0 Å². The molecule has 0 spiro atoms. The van der Waals surface area contributed by atoms with Crippen molar-refractivity contribution in [3.8, 4) is 11.6 Å². The lowest BCUT2D eigenvalue weighted by molar-refractivity contribution is 0.192. The van der Waals surface area contributed by atoms with E-state index in [1.54, 1.807) is 11.3 Å². The molecule has 1 atom stereocenters. The average Bonchev–Trinajstić information content (AvgIpc) is 3.13. The van der Waals surface area contributed by atoms with E-state index in [2.05, 4.69) is 20.5 Å². The first-order chi connectivity index (χ1) is 8.90. The van der Waals surface area contributed by atoms with Crippen LogP contribution in [-0.4, -0.2) is 28.3 Å². The van der Waals surface area contributed by atoms with Gasteiger partial charge in [0.15, 0.2) is 5.82 Å². The number of fused-ring (bicyclic) bond motifs is 1. The van der Waals surface area contributed by atoms with Crippen LogP contribution < -0.4 is 0 Å². The van der Waals surface area contributed by atoms with Crippen molar-refractivity contribution in [3.05, 3.63) is 23.3 Å². The number of H-pyrrole nitrogens is 1. The van der Waals surface area contributed by atoms with Gasteiger partial charge in [0, 0.05) is 12.5 Å². The largest absolute Gasteiger partial charge is 0.381 e. The third-order valence-corrected chi connectivity index (χ3v) is 4.07. The molecule has 18 heavy (non-hydrogen) atoms. The minimum atomic E-state index is 0.276. The first kappa shape index (κ1) is 10.3. The molecule has 6 heteroatoms.